The molecule has 4 rings (SSSR count). The number of aromatic hydroxyl groups is 1. The molecule has 1 amide bonds. The summed E-state index contributed by atoms with van der Waals surface area (Å²) in [5.41, 5.74) is 6.55. The fraction of sp³-hybridized carbons (Fsp3) is 0.407. The number of carbonyl (C=O) groups excluding carboxylic acids is 1. The van der Waals surface area contributed by atoms with Crippen LogP contribution >= 0.6 is 0 Å². The zero-order chi connectivity index (χ0) is 26.0. The van der Waals surface area contributed by atoms with Crippen molar-refractivity contribution in [2.45, 2.75) is 51.9 Å². The van der Waals surface area contributed by atoms with E-state index >= 15 is 0 Å². The van der Waals surface area contributed by atoms with Gasteiger partial charge < -0.3 is 10.2 Å². The fourth-order valence-electron chi connectivity index (χ4n) is 4.59. The topological polar surface area (TPSA) is 118 Å². The van der Waals surface area contributed by atoms with E-state index in [9.17, 15) is 14.7 Å². The largest absolute Gasteiger partial charge is 0.505 e. The lowest BCUT2D eigenvalue weighted by molar-refractivity contribution is -0.138. The summed E-state index contributed by atoms with van der Waals surface area (Å²) in [5.74, 6) is -0.965. The number of nitrogens with zero attached hydrogens (tertiary/aromatic N) is 4. The summed E-state index contributed by atoms with van der Waals surface area (Å²) < 4.78 is 0. The molecule has 0 radical (unpaired) electrons. The number of carbonyl (C=O) groups is 2. The number of anilines is 2. The molecular weight excluding hydrogens is 458 g/mol. The van der Waals surface area contributed by atoms with Crippen LogP contribution in [0.2, 0.25) is 0 Å². The van der Waals surface area contributed by atoms with E-state index in [2.05, 4.69) is 36.4 Å². The zero-order valence-corrected chi connectivity index (χ0v) is 21.2. The van der Waals surface area contributed by atoms with E-state index in [4.69, 9.17) is 5.11 Å². The summed E-state index contributed by atoms with van der Waals surface area (Å²) in [7, 11) is 0. The van der Waals surface area contributed by atoms with Crippen molar-refractivity contribution in [2.24, 2.45) is 10.2 Å². The van der Waals surface area contributed by atoms with Crippen molar-refractivity contribution in [3.05, 3.63) is 53.6 Å². The number of carboxylic acids is 1. The molecule has 2 heterocycles. The molecule has 36 heavy (non-hydrogen) atoms. The smallest absolute Gasteiger partial charge is 0.317 e. The van der Waals surface area contributed by atoms with E-state index in [1.54, 1.807) is 13.0 Å². The minimum atomic E-state index is -0.831. The van der Waals surface area contributed by atoms with Crippen molar-refractivity contribution in [3.63, 3.8) is 0 Å². The minimum Gasteiger partial charge on any atom is -0.505 e. The molecule has 0 saturated carbocycles. The highest BCUT2D eigenvalue weighted by molar-refractivity contribution is 6.71. The number of carboxylic acid groups (broad SMARTS) is 1. The Morgan fingerprint density at radius 2 is 1.81 bits per heavy atom. The number of hydrazone groups is 2. The molecule has 0 bridgehead atoms. The van der Waals surface area contributed by atoms with Gasteiger partial charge in [-0.2, -0.15) is 15.2 Å². The van der Waals surface area contributed by atoms with Gasteiger partial charge in [-0.3, -0.25) is 19.9 Å². The number of likely N-dealkylation sites (tertiary alicyclic amines) is 1. The SMILES string of the molecule is CC1=NN(c2ccc(C(C)(C)C)cc2)C(=O)/C1=N\Nc1cccc(C2CCN(CC(=O)O)CC2)c1O. The fourth-order valence-corrected chi connectivity index (χ4v) is 4.59. The van der Waals surface area contributed by atoms with E-state index in [0.717, 1.165) is 24.0 Å². The minimum absolute atomic E-state index is 0.00922. The average Bonchev–Trinajstić information content (AvgIpc) is 3.11. The van der Waals surface area contributed by atoms with Gasteiger partial charge in [0.15, 0.2) is 5.71 Å². The second kappa shape index (κ2) is 10.1. The second-order valence-electron chi connectivity index (χ2n) is 10.4. The molecule has 2 aliphatic heterocycles. The highest BCUT2D eigenvalue weighted by Gasteiger charge is 2.31. The number of piperidine rings is 1. The Hall–Kier alpha value is -3.72. The number of para-hydroxylation sites is 1. The molecule has 2 aromatic rings. The molecule has 1 saturated heterocycles. The number of hydrogen-bond acceptors (Lipinski definition) is 7. The number of phenols is 1. The second-order valence-corrected chi connectivity index (χ2v) is 10.4. The number of amides is 1. The van der Waals surface area contributed by atoms with Crippen LogP contribution in [0, 0.1) is 0 Å². The predicted octanol–water partition coefficient (Wildman–Crippen LogP) is 4.14. The Morgan fingerprint density at radius 3 is 2.42 bits per heavy atom. The third-order valence-electron chi connectivity index (χ3n) is 6.71. The summed E-state index contributed by atoms with van der Waals surface area (Å²) in [6.45, 7) is 9.48. The lowest BCUT2D eigenvalue weighted by Crippen LogP contribution is -2.36. The standard InChI is InChI=1S/C27H33N5O4/c1-17-24(26(36)32(30-17)20-10-8-19(9-11-20)27(2,3)4)29-28-22-7-5-6-21(25(22)35)18-12-14-31(15-13-18)16-23(33)34/h5-11,18,28,35H,12-16H2,1-4H3,(H,33,34)/b29-24-. The first-order chi connectivity index (χ1) is 17.0. The van der Waals surface area contributed by atoms with E-state index in [1.807, 2.05) is 41.3 Å². The molecule has 0 aromatic heterocycles. The van der Waals surface area contributed by atoms with Gasteiger partial charge in [-0.05, 0) is 73.5 Å². The van der Waals surface area contributed by atoms with Crippen LogP contribution in [0.25, 0.3) is 0 Å². The number of phenolic OH excluding ortho intramolecular Hbond substituents is 1. The number of benzene rings is 2. The molecule has 9 heteroatoms. The van der Waals surface area contributed by atoms with Crippen LogP contribution in [0.1, 0.15) is 57.6 Å². The van der Waals surface area contributed by atoms with Crippen molar-refractivity contribution in [1.29, 1.82) is 0 Å². The monoisotopic (exact) mass is 491 g/mol. The van der Waals surface area contributed by atoms with E-state index < -0.39 is 5.97 Å². The third kappa shape index (κ3) is 5.41. The summed E-state index contributed by atoms with van der Waals surface area (Å²) in [6, 6.07) is 13.2. The summed E-state index contributed by atoms with van der Waals surface area (Å²) >= 11 is 0. The normalized spacial score (nSPS) is 18.6. The van der Waals surface area contributed by atoms with E-state index in [0.29, 0.717) is 30.2 Å². The van der Waals surface area contributed by atoms with Gasteiger partial charge in [0.25, 0.3) is 0 Å². The molecule has 0 aliphatic carbocycles. The van der Waals surface area contributed by atoms with Gasteiger partial charge in [-0.15, -0.1) is 0 Å². The zero-order valence-electron chi connectivity index (χ0n) is 21.2. The average molecular weight is 492 g/mol. The summed E-state index contributed by atoms with van der Waals surface area (Å²) in [5, 5.41) is 29.9. The first-order valence-corrected chi connectivity index (χ1v) is 12.1. The molecular formula is C27H33N5O4. The van der Waals surface area contributed by atoms with Gasteiger partial charge in [-0.25, -0.2) is 0 Å². The molecule has 2 aliphatic rings. The quantitative estimate of drug-likeness (QED) is 0.413. The Labute approximate surface area is 211 Å². The Morgan fingerprint density at radius 1 is 1.14 bits per heavy atom. The van der Waals surface area contributed by atoms with Crippen LogP contribution in [0.15, 0.2) is 52.7 Å². The van der Waals surface area contributed by atoms with Crippen molar-refractivity contribution < 1.29 is 19.8 Å². The molecule has 9 nitrogen and oxygen atoms in total. The first-order valence-electron chi connectivity index (χ1n) is 12.1. The van der Waals surface area contributed by atoms with Gasteiger partial charge in [0.2, 0.25) is 0 Å². The van der Waals surface area contributed by atoms with Gasteiger partial charge in [0, 0.05) is 0 Å². The number of rotatable bonds is 6. The molecule has 1 fully saturated rings. The summed E-state index contributed by atoms with van der Waals surface area (Å²) in [4.78, 5) is 25.9. The molecule has 3 N–H and O–H groups in total. The van der Waals surface area contributed by atoms with Gasteiger partial charge in [0.1, 0.15) is 5.75 Å². The highest BCUT2D eigenvalue weighted by atomic mass is 16.4. The lowest BCUT2D eigenvalue weighted by atomic mass is 9.87. The van der Waals surface area contributed by atoms with Gasteiger partial charge in [0.05, 0.1) is 23.6 Å². The predicted molar refractivity (Wildman–Crippen MR) is 141 cm³/mol. The van der Waals surface area contributed by atoms with Gasteiger partial charge in [-0.1, -0.05) is 45.0 Å². The third-order valence-corrected chi connectivity index (χ3v) is 6.71. The van der Waals surface area contributed by atoms with Crippen molar-refractivity contribution in [1.82, 2.24) is 4.90 Å². The molecule has 190 valence electrons. The van der Waals surface area contributed by atoms with Crippen LogP contribution in [0.3, 0.4) is 0 Å². The lowest BCUT2D eigenvalue weighted by Gasteiger charge is -2.31. The van der Waals surface area contributed by atoms with Crippen LogP contribution < -0.4 is 10.4 Å². The summed E-state index contributed by atoms with van der Waals surface area (Å²) in [6.07, 6.45) is 1.51. The first kappa shape index (κ1) is 25.4. The number of hydrogen-bond donors (Lipinski definition) is 3. The van der Waals surface area contributed by atoms with Gasteiger partial charge >= 0.3 is 11.9 Å². The van der Waals surface area contributed by atoms with Crippen LogP contribution in [-0.2, 0) is 15.0 Å². The molecule has 0 unspecified atom stereocenters. The maximum atomic E-state index is 13.1. The van der Waals surface area contributed by atoms with E-state index in [-0.39, 0.29) is 35.2 Å². The van der Waals surface area contributed by atoms with Crippen LogP contribution in [-0.4, -0.2) is 58.0 Å². The van der Waals surface area contributed by atoms with E-state index in [1.165, 1.54) is 5.01 Å². The van der Waals surface area contributed by atoms with Crippen molar-refractivity contribution in [2.75, 3.05) is 30.1 Å². The van der Waals surface area contributed by atoms with Crippen LogP contribution in [0.5, 0.6) is 5.75 Å². The van der Waals surface area contributed by atoms with Crippen LogP contribution in [0.4, 0.5) is 11.4 Å². The maximum Gasteiger partial charge on any atom is 0.317 e. The Kier molecular flexibility index (Phi) is 7.12. The van der Waals surface area contributed by atoms with Crippen molar-refractivity contribution in [3.8, 4) is 5.75 Å². The number of aliphatic carboxylic acids is 1. The number of nitrogens with one attached hydrogen (secondary N) is 1. The molecule has 0 spiro atoms. The Balaban J connectivity index is 1.46. The highest BCUT2D eigenvalue weighted by Crippen LogP contribution is 2.38. The molecule has 0 atom stereocenters. The van der Waals surface area contributed by atoms with Crippen molar-refractivity contribution >= 4 is 34.7 Å². The maximum absolute atomic E-state index is 13.1. The molecule has 2 aromatic carbocycles. The Bertz CT molecular complexity index is 1210.